The number of rotatable bonds is 4. The zero-order valence-electron chi connectivity index (χ0n) is 20.6. The van der Waals surface area contributed by atoms with E-state index < -0.39 is 0 Å². The number of hydrogen-bond acceptors (Lipinski definition) is 3. The maximum absolute atomic E-state index is 13.8. The molecule has 1 saturated carbocycles. The first-order valence-electron chi connectivity index (χ1n) is 12.7. The van der Waals surface area contributed by atoms with Crippen LogP contribution in [0.25, 0.3) is 10.9 Å². The zero-order chi connectivity index (χ0) is 24.0. The van der Waals surface area contributed by atoms with Crippen molar-refractivity contribution in [3.8, 4) is 0 Å². The molecular formula is C30H33N3OS. The van der Waals surface area contributed by atoms with E-state index in [2.05, 4.69) is 94.9 Å². The molecular weight excluding hydrogens is 450 g/mol. The minimum atomic E-state index is -0.283. The summed E-state index contributed by atoms with van der Waals surface area (Å²) in [5.74, 6) is 0.258. The van der Waals surface area contributed by atoms with Crippen LogP contribution in [0, 0.1) is 0 Å². The van der Waals surface area contributed by atoms with Crippen molar-refractivity contribution in [1.82, 2.24) is 14.8 Å². The molecule has 0 unspecified atom stereocenters. The van der Waals surface area contributed by atoms with E-state index in [1.165, 1.54) is 27.7 Å². The molecule has 0 saturated heterocycles. The summed E-state index contributed by atoms with van der Waals surface area (Å²) in [6.45, 7) is 0.791. The van der Waals surface area contributed by atoms with Gasteiger partial charge < -0.3 is 9.88 Å². The molecule has 2 aromatic carbocycles. The fourth-order valence-electron chi connectivity index (χ4n) is 6.79. The van der Waals surface area contributed by atoms with Gasteiger partial charge in [-0.1, -0.05) is 54.6 Å². The second kappa shape index (κ2) is 8.65. The van der Waals surface area contributed by atoms with Crippen molar-refractivity contribution in [3.63, 3.8) is 0 Å². The van der Waals surface area contributed by atoms with Gasteiger partial charge in [-0.05, 0) is 74.8 Å². The molecule has 2 aromatic heterocycles. The molecule has 2 aliphatic rings. The summed E-state index contributed by atoms with van der Waals surface area (Å²) in [4.78, 5) is 23.4. The second-order valence-corrected chi connectivity index (χ2v) is 11.4. The van der Waals surface area contributed by atoms with Gasteiger partial charge in [0.25, 0.3) is 0 Å². The van der Waals surface area contributed by atoms with E-state index in [1.807, 2.05) is 6.07 Å². The third-order valence-corrected chi connectivity index (χ3v) is 9.54. The largest absolute Gasteiger partial charge is 0.356 e. The lowest BCUT2D eigenvalue weighted by atomic mass is 9.65. The maximum atomic E-state index is 13.8. The smallest absolute Gasteiger partial charge is 0.228 e. The topological polar surface area (TPSA) is 39.3 Å². The van der Waals surface area contributed by atoms with E-state index in [0.717, 1.165) is 43.5 Å². The Balaban J connectivity index is 1.43. The molecule has 35 heavy (non-hydrogen) atoms. The summed E-state index contributed by atoms with van der Waals surface area (Å²) >= 11 is 1.68. The summed E-state index contributed by atoms with van der Waals surface area (Å²) in [6.07, 6.45) is 5.34. The molecule has 1 aliphatic carbocycles. The average molecular weight is 484 g/mol. The first kappa shape index (κ1) is 22.6. The maximum Gasteiger partial charge on any atom is 0.228 e. The van der Waals surface area contributed by atoms with Gasteiger partial charge in [-0.3, -0.25) is 9.69 Å². The van der Waals surface area contributed by atoms with Crippen LogP contribution in [0.5, 0.6) is 0 Å². The predicted molar refractivity (Wildman–Crippen MR) is 144 cm³/mol. The average Bonchev–Trinajstić information content (AvgIpc) is 3.53. The Morgan fingerprint density at radius 1 is 0.971 bits per heavy atom. The van der Waals surface area contributed by atoms with Crippen LogP contribution >= 0.6 is 11.3 Å². The third kappa shape index (κ3) is 3.56. The van der Waals surface area contributed by atoms with Gasteiger partial charge in [0, 0.05) is 33.6 Å². The van der Waals surface area contributed by atoms with E-state index in [0.29, 0.717) is 6.42 Å². The van der Waals surface area contributed by atoms with Gasteiger partial charge in [-0.2, -0.15) is 0 Å². The van der Waals surface area contributed by atoms with Crippen LogP contribution in [0.3, 0.4) is 0 Å². The number of para-hydroxylation sites is 1. The first-order valence-corrected chi connectivity index (χ1v) is 13.6. The van der Waals surface area contributed by atoms with Crippen LogP contribution in [0.4, 0.5) is 0 Å². The van der Waals surface area contributed by atoms with Crippen LogP contribution in [0.1, 0.15) is 47.4 Å². The molecule has 1 fully saturated rings. The molecule has 3 heterocycles. The Kier molecular flexibility index (Phi) is 5.58. The summed E-state index contributed by atoms with van der Waals surface area (Å²) in [5, 5.41) is 3.38. The Morgan fingerprint density at radius 3 is 2.43 bits per heavy atom. The third-order valence-electron chi connectivity index (χ3n) is 8.66. The number of carbonyl (C=O) groups excluding carboxylic acids is 1. The SMILES string of the molecule is CN(C)C1(c2ccccc2)CCC2(CC1)c1[nH]c3ccccc3c1CCN2C(=O)Cc1cccs1. The number of fused-ring (bicyclic) bond motifs is 4. The number of H-pyrrole nitrogens is 1. The summed E-state index contributed by atoms with van der Waals surface area (Å²) < 4.78 is 0. The molecule has 4 aromatic rings. The van der Waals surface area contributed by atoms with Crippen molar-refractivity contribution in [2.45, 2.75) is 49.6 Å². The van der Waals surface area contributed by atoms with Crippen molar-refractivity contribution in [3.05, 3.63) is 93.8 Å². The normalized spacial score (nSPS) is 24.3. The van der Waals surface area contributed by atoms with Crippen molar-refractivity contribution in [2.24, 2.45) is 0 Å². The predicted octanol–water partition coefficient (Wildman–Crippen LogP) is 6.08. The number of carbonyl (C=O) groups is 1. The van der Waals surface area contributed by atoms with E-state index >= 15 is 0 Å². The van der Waals surface area contributed by atoms with Crippen LogP contribution in [-0.2, 0) is 28.7 Å². The molecule has 0 atom stereocenters. The number of amides is 1. The van der Waals surface area contributed by atoms with Crippen molar-refractivity contribution >= 4 is 28.1 Å². The quantitative estimate of drug-likeness (QED) is 0.382. The fourth-order valence-corrected chi connectivity index (χ4v) is 7.49. The number of aromatic amines is 1. The highest BCUT2D eigenvalue weighted by molar-refractivity contribution is 7.10. The molecule has 6 rings (SSSR count). The monoisotopic (exact) mass is 483 g/mol. The number of aromatic nitrogens is 1. The Labute approximate surface area is 211 Å². The van der Waals surface area contributed by atoms with Gasteiger partial charge in [0.1, 0.15) is 0 Å². The van der Waals surface area contributed by atoms with E-state index in [1.54, 1.807) is 11.3 Å². The van der Waals surface area contributed by atoms with Gasteiger partial charge in [0.05, 0.1) is 12.0 Å². The van der Waals surface area contributed by atoms with Crippen molar-refractivity contribution in [1.29, 1.82) is 0 Å². The standard InChI is InChI=1S/C30H33N3OS/c1-32(2)29(22-9-4-3-5-10-22)15-17-30(18-16-29)28-25(24-12-6-7-13-26(24)31-28)14-19-33(30)27(34)21-23-11-8-20-35-23/h3-13,20,31H,14-19,21H2,1-2H3. The Morgan fingerprint density at radius 2 is 1.71 bits per heavy atom. The minimum absolute atomic E-state index is 0.0153. The van der Waals surface area contributed by atoms with Gasteiger partial charge in [-0.25, -0.2) is 0 Å². The summed E-state index contributed by atoms with van der Waals surface area (Å²) in [5.41, 5.74) is 4.97. The van der Waals surface area contributed by atoms with Crippen LogP contribution in [0.2, 0.25) is 0 Å². The van der Waals surface area contributed by atoms with Crippen molar-refractivity contribution in [2.75, 3.05) is 20.6 Å². The fraction of sp³-hybridized carbons (Fsp3) is 0.367. The highest BCUT2D eigenvalue weighted by Gasteiger charge is 2.52. The van der Waals surface area contributed by atoms with E-state index in [9.17, 15) is 4.79 Å². The highest BCUT2D eigenvalue weighted by Crippen LogP contribution is 2.53. The molecule has 1 N–H and O–H groups in total. The number of benzene rings is 2. The minimum Gasteiger partial charge on any atom is -0.356 e. The van der Waals surface area contributed by atoms with Gasteiger partial charge >= 0.3 is 0 Å². The molecule has 1 aliphatic heterocycles. The Bertz CT molecular complexity index is 1330. The lowest BCUT2D eigenvalue weighted by molar-refractivity contribution is -0.142. The molecule has 180 valence electrons. The number of hydrogen-bond donors (Lipinski definition) is 1. The second-order valence-electron chi connectivity index (χ2n) is 10.4. The first-order chi connectivity index (χ1) is 17.0. The molecule has 4 nitrogen and oxygen atoms in total. The van der Waals surface area contributed by atoms with E-state index in [4.69, 9.17) is 0 Å². The summed E-state index contributed by atoms with van der Waals surface area (Å²) in [6, 6.07) is 23.7. The van der Waals surface area contributed by atoms with Crippen LogP contribution in [-0.4, -0.2) is 41.3 Å². The lowest BCUT2D eigenvalue weighted by Gasteiger charge is -2.55. The van der Waals surface area contributed by atoms with Gasteiger partial charge in [0.2, 0.25) is 5.91 Å². The number of nitrogens with zero attached hydrogens (tertiary/aromatic N) is 2. The zero-order valence-corrected chi connectivity index (χ0v) is 21.4. The van der Waals surface area contributed by atoms with Crippen molar-refractivity contribution < 1.29 is 4.79 Å². The van der Waals surface area contributed by atoms with Gasteiger partial charge in [0.15, 0.2) is 0 Å². The summed E-state index contributed by atoms with van der Waals surface area (Å²) in [7, 11) is 4.42. The molecule has 1 spiro atoms. The highest BCUT2D eigenvalue weighted by atomic mass is 32.1. The molecule has 1 amide bonds. The molecule has 0 radical (unpaired) electrons. The van der Waals surface area contributed by atoms with Gasteiger partial charge in [-0.15, -0.1) is 11.3 Å². The Hall–Kier alpha value is -2.89. The molecule has 5 heteroatoms. The number of thiophene rings is 1. The van der Waals surface area contributed by atoms with Crippen LogP contribution in [0.15, 0.2) is 72.1 Å². The number of nitrogens with one attached hydrogen (secondary N) is 1. The molecule has 0 bridgehead atoms. The van der Waals surface area contributed by atoms with E-state index in [-0.39, 0.29) is 17.0 Å². The van der Waals surface area contributed by atoms with Crippen LogP contribution < -0.4 is 0 Å². The lowest BCUT2D eigenvalue weighted by Crippen LogP contribution is -2.58.